The lowest BCUT2D eigenvalue weighted by atomic mass is 10.3. The molecule has 0 aliphatic heterocycles. The van der Waals surface area contributed by atoms with Crippen LogP contribution in [0.25, 0.3) is 0 Å². The minimum atomic E-state index is 0.157. The van der Waals surface area contributed by atoms with Gasteiger partial charge in [0, 0.05) is 19.3 Å². The molecule has 2 N–H and O–H groups in total. The lowest BCUT2D eigenvalue weighted by Crippen LogP contribution is -2.19. The fourth-order valence-electron chi connectivity index (χ4n) is 0.297. The summed E-state index contributed by atoms with van der Waals surface area (Å²) in [4.78, 5) is 3.76. The van der Waals surface area contributed by atoms with Gasteiger partial charge in [-0.2, -0.15) is 0 Å². The molecule has 0 aromatic heterocycles. The Morgan fingerprint density at radius 2 is 2.43 bits per heavy atom. The van der Waals surface area contributed by atoms with Gasteiger partial charge < -0.3 is 5.73 Å². The van der Waals surface area contributed by atoms with Crippen LogP contribution in [0.1, 0.15) is 13.3 Å². The highest BCUT2D eigenvalue weighted by atomic mass is 14.7. The molecule has 0 bridgehead atoms. The summed E-state index contributed by atoms with van der Waals surface area (Å²) >= 11 is 0. The van der Waals surface area contributed by atoms with Crippen LogP contribution in [-0.4, -0.2) is 19.3 Å². The molecule has 0 aromatic carbocycles. The van der Waals surface area contributed by atoms with Crippen LogP contribution in [-0.2, 0) is 0 Å². The van der Waals surface area contributed by atoms with Crippen molar-refractivity contribution < 1.29 is 0 Å². The van der Waals surface area contributed by atoms with Crippen LogP contribution in [0, 0.1) is 0 Å². The van der Waals surface area contributed by atoms with Crippen molar-refractivity contribution >= 4 is 6.21 Å². The summed E-state index contributed by atoms with van der Waals surface area (Å²) in [6, 6.07) is 0.157. The summed E-state index contributed by atoms with van der Waals surface area (Å²) in [5.74, 6) is 0. The summed E-state index contributed by atoms with van der Waals surface area (Å²) in [5, 5.41) is 0. The second-order valence-corrected chi connectivity index (χ2v) is 1.48. The highest BCUT2D eigenvalue weighted by molar-refractivity contribution is 5.63. The third-order valence-electron chi connectivity index (χ3n) is 0.812. The average Bonchev–Trinajstić information content (AvgIpc) is 1.68. The molecule has 0 radical (unpaired) electrons. The third kappa shape index (κ3) is 3.46. The minimum Gasteiger partial charge on any atom is -0.323 e. The molecule has 0 spiro atoms. The minimum absolute atomic E-state index is 0.157. The normalized spacial score (nSPS) is 15.3. The molecule has 42 valence electrons. The van der Waals surface area contributed by atoms with E-state index in [2.05, 4.69) is 4.99 Å². The topological polar surface area (TPSA) is 38.4 Å². The van der Waals surface area contributed by atoms with Gasteiger partial charge in [0.05, 0.1) is 0 Å². The molecule has 0 heterocycles. The predicted molar refractivity (Wildman–Crippen MR) is 32.7 cm³/mol. The molecule has 1 atom stereocenters. The smallest absolute Gasteiger partial charge is 0.0392 e. The summed E-state index contributed by atoms with van der Waals surface area (Å²) in [6.07, 6.45) is 2.72. The molecule has 0 aliphatic carbocycles. The molecule has 0 aliphatic rings. The number of nitrogens with zero attached hydrogens (tertiary/aromatic N) is 1. The number of rotatable bonds is 2. The van der Waals surface area contributed by atoms with Crippen LogP contribution in [0.5, 0.6) is 0 Å². The zero-order valence-corrected chi connectivity index (χ0v) is 4.89. The van der Waals surface area contributed by atoms with Gasteiger partial charge >= 0.3 is 0 Å². The highest BCUT2D eigenvalue weighted by Crippen LogP contribution is 1.77. The van der Waals surface area contributed by atoms with Crippen molar-refractivity contribution in [3.8, 4) is 0 Å². The maximum Gasteiger partial charge on any atom is 0.0392 e. The maximum absolute atomic E-state index is 5.43. The van der Waals surface area contributed by atoms with Gasteiger partial charge in [-0.05, 0) is 6.42 Å². The molecule has 0 saturated heterocycles. The van der Waals surface area contributed by atoms with Crippen molar-refractivity contribution in [2.45, 2.75) is 19.4 Å². The van der Waals surface area contributed by atoms with E-state index in [0.717, 1.165) is 6.42 Å². The number of nitrogens with two attached hydrogens (primary N) is 1. The Morgan fingerprint density at radius 1 is 1.86 bits per heavy atom. The number of aliphatic imine (C=N–C) groups is 1. The zero-order chi connectivity index (χ0) is 5.70. The van der Waals surface area contributed by atoms with E-state index in [0.29, 0.717) is 0 Å². The first-order chi connectivity index (χ1) is 3.31. The van der Waals surface area contributed by atoms with E-state index in [9.17, 15) is 0 Å². The molecule has 0 rings (SSSR count). The Hall–Kier alpha value is -0.370. The van der Waals surface area contributed by atoms with E-state index in [1.807, 2.05) is 6.92 Å². The van der Waals surface area contributed by atoms with E-state index >= 15 is 0 Å². The molecular formula is C5H12N2. The molecule has 2 heteroatoms. The monoisotopic (exact) mass is 100 g/mol. The number of hydrogen-bond donors (Lipinski definition) is 1. The van der Waals surface area contributed by atoms with Gasteiger partial charge in [-0.1, -0.05) is 6.92 Å². The van der Waals surface area contributed by atoms with Crippen molar-refractivity contribution in [1.29, 1.82) is 0 Å². The number of hydrogen-bond acceptors (Lipinski definition) is 2. The molecule has 1 unspecified atom stereocenters. The molecule has 0 fully saturated rings. The Labute approximate surface area is 44.4 Å². The van der Waals surface area contributed by atoms with Crippen molar-refractivity contribution in [2.75, 3.05) is 7.05 Å². The van der Waals surface area contributed by atoms with Crippen molar-refractivity contribution in [3.63, 3.8) is 0 Å². The third-order valence-corrected chi connectivity index (χ3v) is 0.812. The van der Waals surface area contributed by atoms with Crippen molar-refractivity contribution in [3.05, 3.63) is 0 Å². The Bertz CT molecular complexity index is 59.1. The SMILES string of the molecule is CCC(N)C=NC. The lowest BCUT2D eigenvalue weighted by molar-refractivity contribution is 0.832. The van der Waals surface area contributed by atoms with Crippen LogP contribution < -0.4 is 5.73 Å². The predicted octanol–water partition coefficient (Wildman–Crippen LogP) is 0.424. The van der Waals surface area contributed by atoms with Gasteiger partial charge in [-0.3, -0.25) is 4.99 Å². The fraction of sp³-hybridized carbons (Fsp3) is 0.800. The van der Waals surface area contributed by atoms with Gasteiger partial charge in [-0.25, -0.2) is 0 Å². The second kappa shape index (κ2) is 3.81. The second-order valence-electron chi connectivity index (χ2n) is 1.48. The molecule has 2 nitrogen and oxygen atoms in total. The molecule has 0 amide bonds. The fourth-order valence-corrected chi connectivity index (χ4v) is 0.297. The Balaban J connectivity index is 3.16. The van der Waals surface area contributed by atoms with Crippen LogP contribution in [0.3, 0.4) is 0 Å². The summed E-state index contributed by atoms with van der Waals surface area (Å²) < 4.78 is 0. The van der Waals surface area contributed by atoms with E-state index < -0.39 is 0 Å². The molecule has 7 heavy (non-hydrogen) atoms. The summed E-state index contributed by atoms with van der Waals surface area (Å²) in [7, 11) is 1.73. The Morgan fingerprint density at radius 3 is 2.57 bits per heavy atom. The van der Waals surface area contributed by atoms with Crippen LogP contribution >= 0.6 is 0 Å². The van der Waals surface area contributed by atoms with Crippen LogP contribution in [0.4, 0.5) is 0 Å². The molecule has 0 aromatic rings. The first-order valence-electron chi connectivity index (χ1n) is 2.49. The van der Waals surface area contributed by atoms with E-state index in [1.165, 1.54) is 0 Å². The van der Waals surface area contributed by atoms with E-state index in [-0.39, 0.29) is 6.04 Å². The lowest BCUT2D eigenvalue weighted by Gasteiger charge is -1.95. The van der Waals surface area contributed by atoms with Crippen molar-refractivity contribution in [2.24, 2.45) is 10.7 Å². The molecular weight excluding hydrogens is 88.1 g/mol. The van der Waals surface area contributed by atoms with Gasteiger partial charge in [-0.15, -0.1) is 0 Å². The summed E-state index contributed by atoms with van der Waals surface area (Å²) in [6.45, 7) is 2.03. The Kier molecular flexibility index (Phi) is 3.61. The largest absolute Gasteiger partial charge is 0.323 e. The maximum atomic E-state index is 5.43. The van der Waals surface area contributed by atoms with Gasteiger partial charge in [0.15, 0.2) is 0 Å². The van der Waals surface area contributed by atoms with E-state index in [1.54, 1.807) is 13.3 Å². The zero-order valence-electron chi connectivity index (χ0n) is 4.89. The first-order valence-corrected chi connectivity index (χ1v) is 2.49. The average molecular weight is 100 g/mol. The van der Waals surface area contributed by atoms with Crippen LogP contribution in [0.2, 0.25) is 0 Å². The molecule has 0 saturated carbocycles. The van der Waals surface area contributed by atoms with Gasteiger partial charge in [0.25, 0.3) is 0 Å². The standard InChI is InChI=1S/C5H12N2/c1-3-5(6)4-7-2/h4-5H,3,6H2,1-2H3. The van der Waals surface area contributed by atoms with Crippen LogP contribution in [0.15, 0.2) is 4.99 Å². The quantitative estimate of drug-likeness (QED) is 0.502. The van der Waals surface area contributed by atoms with Gasteiger partial charge in [0.2, 0.25) is 0 Å². The first kappa shape index (κ1) is 6.63. The van der Waals surface area contributed by atoms with E-state index in [4.69, 9.17) is 5.73 Å². The van der Waals surface area contributed by atoms with Crippen molar-refractivity contribution in [1.82, 2.24) is 0 Å². The summed E-state index contributed by atoms with van der Waals surface area (Å²) in [5.41, 5.74) is 5.43. The highest BCUT2D eigenvalue weighted by Gasteiger charge is 1.87. The van der Waals surface area contributed by atoms with Gasteiger partial charge in [0.1, 0.15) is 0 Å².